The number of carbonyl (C=O) groups is 2. The number of benzene rings is 1. The lowest BCUT2D eigenvalue weighted by molar-refractivity contribution is -0.141. The van der Waals surface area contributed by atoms with Crippen molar-refractivity contribution in [3.05, 3.63) is 35.0 Å². The van der Waals surface area contributed by atoms with Crippen LogP contribution in [0.3, 0.4) is 0 Å². The lowest BCUT2D eigenvalue weighted by atomic mass is 9.90. The highest BCUT2D eigenvalue weighted by atomic mass is 35.5. The maximum absolute atomic E-state index is 13.4. The maximum Gasteiger partial charge on any atom is 0.433 e. The van der Waals surface area contributed by atoms with Crippen LogP contribution in [0, 0.1) is 0 Å². The fourth-order valence-electron chi connectivity index (χ4n) is 4.02. The number of alkyl halides is 3. The van der Waals surface area contributed by atoms with Crippen LogP contribution >= 0.6 is 24.2 Å². The van der Waals surface area contributed by atoms with Crippen molar-refractivity contribution in [3.63, 3.8) is 0 Å². The molecule has 1 saturated carbocycles. The van der Waals surface area contributed by atoms with Crippen LogP contribution in [0.4, 0.5) is 18.9 Å². The minimum absolute atomic E-state index is 0.155. The maximum atomic E-state index is 13.4. The third-order valence-corrected chi connectivity index (χ3v) is 6.53. The van der Waals surface area contributed by atoms with Gasteiger partial charge < -0.3 is 10.6 Å². The minimum Gasteiger partial charge on any atom is -0.382 e. The SMILES string of the molecule is O=C1CCC(C(=O)N[C@H]2CC[C@@H](Nc3cc(C(F)(F)F)nc4ccc(Cl)cc34)CC2S)=NN1. The zero-order valence-electron chi connectivity index (χ0n) is 17.2. The highest BCUT2D eigenvalue weighted by Gasteiger charge is 2.35. The molecule has 1 aromatic carbocycles. The van der Waals surface area contributed by atoms with Crippen molar-refractivity contribution in [2.45, 2.75) is 55.6 Å². The van der Waals surface area contributed by atoms with Crippen LogP contribution in [0.15, 0.2) is 29.4 Å². The molecular formula is C21H21ClF3N5O2S. The van der Waals surface area contributed by atoms with Crippen LogP contribution < -0.4 is 16.1 Å². The van der Waals surface area contributed by atoms with Gasteiger partial charge in [-0.3, -0.25) is 9.59 Å². The fourth-order valence-corrected chi connectivity index (χ4v) is 4.67. The number of nitrogens with one attached hydrogen (secondary N) is 3. The second-order valence-electron chi connectivity index (χ2n) is 8.11. The molecule has 33 heavy (non-hydrogen) atoms. The van der Waals surface area contributed by atoms with Gasteiger partial charge in [0.25, 0.3) is 5.91 Å². The summed E-state index contributed by atoms with van der Waals surface area (Å²) < 4.78 is 40.1. The molecule has 2 amide bonds. The quantitative estimate of drug-likeness (QED) is 0.479. The Hall–Kier alpha value is -2.53. The van der Waals surface area contributed by atoms with Gasteiger partial charge in [-0.15, -0.1) is 0 Å². The molecule has 1 fully saturated rings. The Morgan fingerprint density at radius 1 is 1.21 bits per heavy atom. The molecule has 1 unspecified atom stereocenters. The smallest absolute Gasteiger partial charge is 0.382 e. The molecule has 2 heterocycles. The third kappa shape index (κ3) is 5.52. The van der Waals surface area contributed by atoms with E-state index in [4.69, 9.17) is 11.6 Å². The molecule has 12 heteroatoms. The monoisotopic (exact) mass is 499 g/mol. The lowest BCUT2D eigenvalue weighted by Crippen LogP contribution is -2.49. The molecule has 0 radical (unpaired) electrons. The molecule has 0 saturated heterocycles. The van der Waals surface area contributed by atoms with Crippen molar-refractivity contribution in [1.29, 1.82) is 0 Å². The van der Waals surface area contributed by atoms with E-state index in [1.165, 1.54) is 12.1 Å². The number of hydrogen-bond donors (Lipinski definition) is 4. The zero-order valence-corrected chi connectivity index (χ0v) is 18.9. The average Bonchev–Trinajstić information content (AvgIpc) is 2.75. The number of hydrazone groups is 1. The molecule has 176 valence electrons. The molecule has 4 rings (SSSR count). The van der Waals surface area contributed by atoms with E-state index in [2.05, 4.69) is 38.8 Å². The van der Waals surface area contributed by atoms with Crippen molar-refractivity contribution in [2.75, 3.05) is 5.32 Å². The summed E-state index contributed by atoms with van der Waals surface area (Å²) in [5.41, 5.74) is 2.07. The third-order valence-electron chi connectivity index (χ3n) is 5.72. The first-order chi connectivity index (χ1) is 15.6. The van der Waals surface area contributed by atoms with E-state index in [0.29, 0.717) is 35.4 Å². The number of hydrogen-bond acceptors (Lipinski definition) is 6. The molecule has 0 bridgehead atoms. The van der Waals surface area contributed by atoms with Gasteiger partial charge in [-0.1, -0.05) is 11.6 Å². The molecule has 1 aromatic heterocycles. The largest absolute Gasteiger partial charge is 0.433 e. The summed E-state index contributed by atoms with van der Waals surface area (Å²) in [6.45, 7) is 0. The van der Waals surface area contributed by atoms with Crippen molar-refractivity contribution < 1.29 is 22.8 Å². The standard InChI is InChI=1S/C21H21ClF3N5O2S/c22-10-1-3-13-12(7-10)16(9-18(27-13)21(23,24)25)26-11-2-4-14(17(33)8-11)28-20(32)15-5-6-19(31)30-29-15/h1,3,7,9,11,14,17,33H,2,4-6,8H2,(H,26,27)(H,28,32)(H,30,31)/t11-,14+,17?/m1/s1. The molecule has 2 aliphatic rings. The first kappa shape index (κ1) is 23.6. The van der Waals surface area contributed by atoms with Gasteiger partial charge in [-0.25, -0.2) is 10.4 Å². The second-order valence-corrected chi connectivity index (χ2v) is 9.21. The van der Waals surface area contributed by atoms with Crippen LogP contribution in [0.25, 0.3) is 10.9 Å². The highest BCUT2D eigenvalue weighted by molar-refractivity contribution is 7.81. The number of amides is 2. The van der Waals surface area contributed by atoms with Crippen LogP contribution in [0.1, 0.15) is 37.8 Å². The summed E-state index contributed by atoms with van der Waals surface area (Å²) >= 11 is 10.7. The Bertz CT molecular complexity index is 1130. The van der Waals surface area contributed by atoms with E-state index in [0.717, 1.165) is 6.07 Å². The first-order valence-electron chi connectivity index (χ1n) is 10.4. The van der Waals surface area contributed by atoms with Crippen molar-refractivity contribution >= 4 is 58.3 Å². The van der Waals surface area contributed by atoms with E-state index < -0.39 is 11.9 Å². The normalized spacial score (nSPS) is 23.6. The van der Waals surface area contributed by atoms with Crippen LogP contribution in [0.5, 0.6) is 0 Å². The number of pyridine rings is 1. The number of nitrogens with zero attached hydrogens (tertiary/aromatic N) is 2. The fraction of sp³-hybridized carbons (Fsp3) is 0.429. The topological polar surface area (TPSA) is 95.5 Å². The molecule has 3 N–H and O–H groups in total. The van der Waals surface area contributed by atoms with Gasteiger partial charge in [0.1, 0.15) is 11.4 Å². The molecule has 7 nitrogen and oxygen atoms in total. The Morgan fingerprint density at radius 2 is 2.00 bits per heavy atom. The highest BCUT2D eigenvalue weighted by Crippen LogP contribution is 2.35. The Morgan fingerprint density at radius 3 is 2.67 bits per heavy atom. The molecule has 0 spiro atoms. The first-order valence-corrected chi connectivity index (χ1v) is 11.3. The van der Waals surface area contributed by atoms with Gasteiger partial charge >= 0.3 is 6.18 Å². The van der Waals surface area contributed by atoms with Crippen molar-refractivity contribution in [1.82, 2.24) is 15.7 Å². The van der Waals surface area contributed by atoms with Gasteiger partial charge in [0, 0.05) is 46.3 Å². The number of anilines is 1. The molecule has 1 aliphatic carbocycles. The number of carbonyl (C=O) groups excluding carboxylic acids is 2. The molecular weight excluding hydrogens is 479 g/mol. The van der Waals surface area contributed by atoms with Gasteiger partial charge in [0.15, 0.2) is 0 Å². The average molecular weight is 500 g/mol. The van der Waals surface area contributed by atoms with Crippen LogP contribution in [-0.4, -0.2) is 39.8 Å². The summed E-state index contributed by atoms with van der Waals surface area (Å²) in [7, 11) is 0. The number of thiol groups is 1. The Kier molecular flexibility index (Phi) is 6.71. The van der Waals surface area contributed by atoms with Gasteiger partial charge in [0.05, 0.1) is 5.52 Å². The summed E-state index contributed by atoms with van der Waals surface area (Å²) in [6.07, 6.45) is -2.41. The summed E-state index contributed by atoms with van der Waals surface area (Å²) in [5.74, 6) is -0.584. The van der Waals surface area contributed by atoms with E-state index in [1.54, 1.807) is 6.07 Å². The number of rotatable bonds is 4. The minimum atomic E-state index is -4.58. The van der Waals surface area contributed by atoms with E-state index >= 15 is 0 Å². The van der Waals surface area contributed by atoms with Crippen molar-refractivity contribution in [3.8, 4) is 0 Å². The Balaban J connectivity index is 1.46. The van der Waals surface area contributed by atoms with Crippen LogP contribution in [-0.2, 0) is 15.8 Å². The van der Waals surface area contributed by atoms with Gasteiger partial charge in [-0.2, -0.15) is 30.9 Å². The number of fused-ring (bicyclic) bond motifs is 1. The van der Waals surface area contributed by atoms with Crippen molar-refractivity contribution in [2.24, 2.45) is 5.10 Å². The molecule has 3 atom stereocenters. The lowest BCUT2D eigenvalue weighted by Gasteiger charge is -2.35. The second kappa shape index (κ2) is 9.38. The van der Waals surface area contributed by atoms with E-state index in [-0.39, 0.29) is 53.2 Å². The Labute approximate surface area is 197 Å². The van der Waals surface area contributed by atoms with E-state index in [9.17, 15) is 22.8 Å². The molecule has 1 aliphatic heterocycles. The van der Waals surface area contributed by atoms with Crippen LogP contribution in [0.2, 0.25) is 5.02 Å². The number of aromatic nitrogens is 1. The predicted molar refractivity (Wildman–Crippen MR) is 123 cm³/mol. The summed E-state index contributed by atoms with van der Waals surface area (Å²) in [6, 6.07) is 5.16. The molecule has 2 aromatic rings. The summed E-state index contributed by atoms with van der Waals surface area (Å²) in [5, 5.41) is 10.6. The summed E-state index contributed by atoms with van der Waals surface area (Å²) in [4.78, 5) is 27.4. The number of halogens is 4. The van der Waals surface area contributed by atoms with Gasteiger partial charge in [-0.05, 0) is 43.5 Å². The van der Waals surface area contributed by atoms with E-state index in [1.807, 2.05) is 0 Å². The predicted octanol–water partition coefficient (Wildman–Crippen LogP) is 3.92. The zero-order chi connectivity index (χ0) is 23.8. The van der Waals surface area contributed by atoms with Gasteiger partial charge in [0.2, 0.25) is 5.91 Å².